The van der Waals surface area contributed by atoms with Crippen LogP contribution in [-0.2, 0) is 14.4 Å². The van der Waals surface area contributed by atoms with Gasteiger partial charge in [-0.25, -0.2) is 4.90 Å². The summed E-state index contributed by atoms with van der Waals surface area (Å²) in [5.41, 5.74) is 7.99. The van der Waals surface area contributed by atoms with Crippen molar-refractivity contribution in [3.8, 4) is 11.5 Å². The Labute approximate surface area is 171 Å². The van der Waals surface area contributed by atoms with Crippen molar-refractivity contribution in [3.05, 3.63) is 59.8 Å². The quantitative estimate of drug-likeness (QED) is 0.761. The molecule has 0 aromatic heterocycles. The van der Waals surface area contributed by atoms with Crippen molar-refractivity contribution in [3.63, 3.8) is 0 Å². The number of fused-ring (bicyclic) bond motifs is 6. The Hall–Kier alpha value is -3.81. The van der Waals surface area contributed by atoms with E-state index in [2.05, 4.69) is 0 Å². The maximum atomic E-state index is 13.6. The minimum absolute atomic E-state index is 0.0931. The Kier molecular flexibility index (Phi) is 3.33. The van der Waals surface area contributed by atoms with E-state index >= 15 is 0 Å². The molecule has 0 aliphatic carbocycles. The van der Waals surface area contributed by atoms with E-state index in [1.165, 1.54) is 0 Å². The molecular formula is C22H17N3O5. The first-order chi connectivity index (χ1) is 14.6. The van der Waals surface area contributed by atoms with Crippen molar-refractivity contribution in [2.45, 2.75) is 12.1 Å². The van der Waals surface area contributed by atoms with Gasteiger partial charge in [0.15, 0.2) is 11.5 Å². The maximum Gasteiger partial charge on any atom is 0.240 e. The number of amides is 3. The summed E-state index contributed by atoms with van der Waals surface area (Å²) in [5.74, 6) is -1.90. The van der Waals surface area contributed by atoms with Crippen molar-refractivity contribution in [2.24, 2.45) is 17.6 Å². The molecule has 2 N–H and O–H groups in total. The van der Waals surface area contributed by atoms with Gasteiger partial charge in [0.25, 0.3) is 0 Å². The van der Waals surface area contributed by atoms with E-state index in [-0.39, 0.29) is 12.7 Å². The highest BCUT2D eigenvalue weighted by molar-refractivity contribution is 6.24. The lowest BCUT2D eigenvalue weighted by molar-refractivity contribution is -0.129. The standard InChI is InChI=1S/C22H17N3O5/c23-20(26)19-17-16(18-13-4-2-1-3-11(13)7-8-24(18)19)21(27)25(22(17)28)12-5-6-14-15(9-12)30-10-29-14/h1-9,16-19H,10H2,(H2,23,26)/t16-,17-,18-,19+/m1/s1. The minimum Gasteiger partial charge on any atom is -0.454 e. The lowest BCUT2D eigenvalue weighted by Crippen LogP contribution is -2.46. The number of hydrogen-bond acceptors (Lipinski definition) is 6. The van der Waals surface area contributed by atoms with Crippen LogP contribution < -0.4 is 20.1 Å². The van der Waals surface area contributed by atoms with E-state index in [1.54, 1.807) is 29.3 Å². The van der Waals surface area contributed by atoms with Gasteiger partial charge >= 0.3 is 0 Å². The minimum atomic E-state index is -0.889. The van der Waals surface area contributed by atoms with Crippen molar-refractivity contribution in [1.82, 2.24) is 4.90 Å². The molecule has 2 saturated heterocycles. The fourth-order valence-electron chi connectivity index (χ4n) is 5.16. The summed E-state index contributed by atoms with van der Waals surface area (Å²) in [6.07, 6.45) is 3.65. The third-order valence-electron chi connectivity index (χ3n) is 6.37. The van der Waals surface area contributed by atoms with Crippen LogP contribution in [0.4, 0.5) is 5.69 Å². The highest BCUT2D eigenvalue weighted by Gasteiger charge is 2.64. The first-order valence-electron chi connectivity index (χ1n) is 9.67. The smallest absolute Gasteiger partial charge is 0.240 e. The second-order valence-corrected chi connectivity index (χ2v) is 7.78. The molecule has 0 bridgehead atoms. The van der Waals surface area contributed by atoms with E-state index in [1.807, 2.05) is 30.3 Å². The number of carbonyl (C=O) groups excluding carboxylic acids is 3. The number of nitrogens with two attached hydrogens (primary N) is 1. The molecule has 4 heterocycles. The molecule has 3 amide bonds. The van der Waals surface area contributed by atoms with Crippen LogP contribution in [0.15, 0.2) is 48.7 Å². The zero-order chi connectivity index (χ0) is 20.6. The molecule has 0 spiro atoms. The first kappa shape index (κ1) is 17.1. The van der Waals surface area contributed by atoms with Gasteiger partial charge in [-0.05, 0) is 29.3 Å². The summed E-state index contributed by atoms with van der Waals surface area (Å²) >= 11 is 0. The fraction of sp³-hybridized carbons (Fsp3) is 0.227. The highest BCUT2D eigenvalue weighted by Crippen LogP contribution is 2.53. The maximum absolute atomic E-state index is 13.6. The molecule has 2 fully saturated rings. The summed E-state index contributed by atoms with van der Waals surface area (Å²) < 4.78 is 10.7. The molecular weight excluding hydrogens is 386 g/mol. The van der Waals surface area contributed by atoms with E-state index in [9.17, 15) is 14.4 Å². The predicted octanol–water partition coefficient (Wildman–Crippen LogP) is 1.42. The number of carbonyl (C=O) groups is 3. The van der Waals surface area contributed by atoms with Gasteiger partial charge in [0.05, 0.1) is 23.6 Å². The molecule has 0 radical (unpaired) electrons. The molecule has 0 unspecified atom stereocenters. The SMILES string of the molecule is NC(=O)[C@@H]1[C@@H]2C(=O)N(c3ccc4c(c3)OCO4)C(=O)[C@H]2[C@H]2c3ccccc3C=CN12. The van der Waals surface area contributed by atoms with Gasteiger partial charge in [-0.1, -0.05) is 24.3 Å². The van der Waals surface area contributed by atoms with Crippen LogP contribution >= 0.6 is 0 Å². The van der Waals surface area contributed by atoms with Crippen molar-refractivity contribution in [2.75, 3.05) is 11.7 Å². The largest absolute Gasteiger partial charge is 0.454 e. The Bertz CT molecular complexity index is 1160. The Morgan fingerprint density at radius 1 is 1.00 bits per heavy atom. The van der Waals surface area contributed by atoms with Crippen LogP contribution in [0.3, 0.4) is 0 Å². The molecule has 8 heteroatoms. The number of nitrogens with zero attached hydrogens (tertiary/aromatic N) is 2. The molecule has 4 aliphatic heterocycles. The molecule has 0 saturated carbocycles. The van der Waals surface area contributed by atoms with Gasteiger partial charge < -0.3 is 20.1 Å². The molecule has 150 valence electrons. The van der Waals surface area contributed by atoms with E-state index < -0.39 is 35.7 Å². The van der Waals surface area contributed by atoms with Gasteiger partial charge in [0, 0.05) is 12.3 Å². The Morgan fingerprint density at radius 2 is 1.77 bits per heavy atom. The summed E-state index contributed by atoms with van der Waals surface area (Å²) in [6, 6.07) is 11.3. The number of ether oxygens (including phenoxy) is 2. The Morgan fingerprint density at radius 3 is 2.60 bits per heavy atom. The van der Waals surface area contributed by atoms with Gasteiger partial charge in [-0.3, -0.25) is 14.4 Å². The first-order valence-corrected chi connectivity index (χ1v) is 9.67. The van der Waals surface area contributed by atoms with Crippen molar-refractivity contribution in [1.29, 1.82) is 0 Å². The van der Waals surface area contributed by atoms with Crippen molar-refractivity contribution < 1.29 is 23.9 Å². The van der Waals surface area contributed by atoms with Crippen LogP contribution in [0.1, 0.15) is 17.2 Å². The summed E-state index contributed by atoms with van der Waals surface area (Å²) in [4.78, 5) is 42.3. The number of rotatable bonds is 2. The number of anilines is 1. The second kappa shape index (κ2) is 5.85. The number of imide groups is 1. The number of primary amides is 1. The molecule has 2 aromatic rings. The summed E-state index contributed by atoms with van der Waals surface area (Å²) in [7, 11) is 0. The lowest BCUT2D eigenvalue weighted by Gasteiger charge is -2.34. The van der Waals surface area contributed by atoms with Crippen molar-refractivity contribution >= 4 is 29.5 Å². The van der Waals surface area contributed by atoms with Crippen LogP contribution in [0.2, 0.25) is 0 Å². The van der Waals surface area contributed by atoms with E-state index in [4.69, 9.17) is 15.2 Å². The zero-order valence-corrected chi connectivity index (χ0v) is 15.7. The second-order valence-electron chi connectivity index (χ2n) is 7.78. The number of hydrogen-bond donors (Lipinski definition) is 1. The topological polar surface area (TPSA) is 102 Å². The van der Waals surface area contributed by atoms with Crippen LogP contribution in [0, 0.1) is 11.8 Å². The number of benzene rings is 2. The summed E-state index contributed by atoms with van der Waals surface area (Å²) in [5, 5.41) is 0. The average molecular weight is 403 g/mol. The molecule has 8 nitrogen and oxygen atoms in total. The normalized spacial score (nSPS) is 27.9. The van der Waals surface area contributed by atoms with Gasteiger partial charge in [-0.2, -0.15) is 0 Å². The predicted molar refractivity (Wildman–Crippen MR) is 105 cm³/mol. The highest BCUT2D eigenvalue weighted by atomic mass is 16.7. The molecule has 4 atom stereocenters. The molecule has 4 aliphatic rings. The molecule has 2 aromatic carbocycles. The van der Waals surface area contributed by atoms with E-state index in [0.29, 0.717) is 17.2 Å². The van der Waals surface area contributed by atoms with Gasteiger partial charge in [-0.15, -0.1) is 0 Å². The Balaban J connectivity index is 1.47. The monoisotopic (exact) mass is 403 g/mol. The molecule has 30 heavy (non-hydrogen) atoms. The average Bonchev–Trinajstić information content (AvgIpc) is 3.41. The fourth-order valence-corrected chi connectivity index (χ4v) is 5.16. The van der Waals surface area contributed by atoms with Crippen LogP contribution in [0.5, 0.6) is 11.5 Å². The van der Waals surface area contributed by atoms with Gasteiger partial charge in [0.2, 0.25) is 24.5 Å². The summed E-state index contributed by atoms with van der Waals surface area (Å²) in [6.45, 7) is 0.0931. The third kappa shape index (κ3) is 2.07. The van der Waals surface area contributed by atoms with Gasteiger partial charge in [0.1, 0.15) is 6.04 Å². The van der Waals surface area contributed by atoms with Crippen LogP contribution in [0.25, 0.3) is 6.08 Å². The lowest BCUT2D eigenvalue weighted by atomic mass is 9.84. The third-order valence-corrected chi connectivity index (χ3v) is 6.37. The zero-order valence-electron chi connectivity index (χ0n) is 15.7. The van der Waals surface area contributed by atoms with E-state index in [0.717, 1.165) is 16.0 Å². The molecule has 6 rings (SSSR count). The van der Waals surface area contributed by atoms with Crippen LogP contribution in [-0.4, -0.2) is 35.5 Å².